The highest BCUT2D eigenvalue weighted by Gasteiger charge is 2.38. The lowest BCUT2D eigenvalue weighted by molar-refractivity contribution is -0.156. The standard InChI is InChI=1S/C93H119N17O24/c1-92(2,3)133-78(114)40-35-67(104-84(120)68(36-41-79(115)134-93(4,5)6)106-91(127)132-54-55-22-14-13-15-23-55)82(118)103-66(83(119)105-70(90(126)131-12)34-38-76(112)95-43-21-45-110-51-59-47-57(29-31-61(59)97-72(88(110)124)49-81(117)129-10)86(122)108(8)53-74-100-64-26-18-19-27-65(64)101-74)32-39-77(113)102-69(89(125)130-11)33-37-75(111)94-42-20-44-109-50-58-46-56(28-30-60(58)96-71(87(109)123)48-80(116)128-9)85(121)107(7)52-73-98-62-24-16-17-25-63(62)99-73/h13-19,22-31,46-47,66-72,96-97H,20-21,32-45,48-54H2,1-12H3,(H,94,111)(H,95,112)(H,98,99)(H,100,101)(H,102,113)(H,103,118)(H,104,120)(H,105,119)(H,106,127)/t66-,67-,68-,69-,70-,71-,72-/m0/s1. The van der Waals surface area contributed by atoms with E-state index in [1.165, 1.54) is 33.8 Å². The first kappa shape index (κ1) is 103. The van der Waals surface area contributed by atoms with E-state index in [-0.39, 0.29) is 103 Å². The van der Waals surface area contributed by atoms with Crippen molar-refractivity contribution in [1.29, 1.82) is 0 Å². The molecule has 0 unspecified atom stereocenters. The van der Waals surface area contributed by atoms with Crippen molar-refractivity contribution < 1.29 is 115 Å². The summed E-state index contributed by atoms with van der Waals surface area (Å²) < 4.78 is 36.3. The van der Waals surface area contributed by atoms with Gasteiger partial charge in [-0.15, -0.1) is 0 Å². The number of aromatic amines is 2. The number of esters is 6. The van der Waals surface area contributed by atoms with Gasteiger partial charge in [-0.05, 0) is 164 Å². The molecule has 4 heterocycles. The molecule has 0 radical (unpaired) electrons. The van der Waals surface area contributed by atoms with Crippen LogP contribution in [0.15, 0.2) is 115 Å². The van der Waals surface area contributed by atoms with Crippen molar-refractivity contribution in [1.82, 2.24) is 76.8 Å². The van der Waals surface area contributed by atoms with Crippen LogP contribution < -0.4 is 47.9 Å². The largest absolute Gasteiger partial charge is 0.469 e. The molecular formula is C93H119N17O24. The van der Waals surface area contributed by atoms with E-state index in [9.17, 15) is 76.7 Å². The molecule has 0 bridgehead atoms. The number of nitrogens with one attached hydrogen (secondary N) is 11. The first-order valence-electron chi connectivity index (χ1n) is 43.9. The number of nitrogens with zero attached hydrogens (tertiary/aromatic N) is 6. The summed E-state index contributed by atoms with van der Waals surface area (Å²) in [6.07, 6.45) is -6.64. The summed E-state index contributed by atoms with van der Waals surface area (Å²) in [5.74, 6) is -11.3. The van der Waals surface area contributed by atoms with Gasteiger partial charge < -0.3 is 111 Å². The molecule has 11 N–H and O–H groups in total. The lowest BCUT2D eigenvalue weighted by atomic mass is 10.0. The van der Waals surface area contributed by atoms with Crippen LogP contribution >= 0.6 is 0 Å². The van der Waals surface area contributed by atoms with Gasteiger partial charge in [-0.2, -0.15) is 0 Å². The summed E-state index contributed by atoms with van der Waals surface area (Å²) in [4.78, 5) is 257. The third-order valence-corrected chi connectivity index (χ3v) is 21.5. The summed E-state index contributed by atoms with van der Waals surface area (Å²) in [6, 6.07) is 22.4. The second kappa shape index (κ2) is 49.1. The fraction of sp³-hybridized carbons (Fsp3) is 0.473. The summed E-state index contributed by atoms with van der Waals surface area (Å²) in [5, 5.41) is 24.2. The van der Waals surface area contributed by atoms with E-state index < -0.39 is 200 Å². The first-order chi connectivity index (χ1) is 63.7. The molecule has 41 nitrogen and oxygen atoms in total. The Hall–Kier alpha value is -14.6. The SMILES string of the molecule is COC(=O)C[C@@H]1Nc2ccc(C(=O)N(C)Cc3nc4ccccc4[nH]3)cc2CN(CCCNC(=O)CC[C@H](NC(=O)CC[C@H](NC(=O)[C@H](CCC(=O)OC(C)(C)C)NC(=O)[C@H](CCC(=O)OC(C)(C)C)NC(=O)OCc2ccccc2)C(=O)N[C@@H](CCC(=O)NCCCN2Cc3cc(C(=O)N(C)Cc4nc5ccccc5[nH]4)ccc3N[C@@H](CC(=O)OC)C2=O)C(=O)OC)C(=O)OC)C1=O. The van der Waals surface area contributed by atoms with E-state index in [1.807, 2.05) is 48.5 Å². The molecule has 2 aliphatic rings. The van der Waals surface area contributed by atoms with Crippen molar-refractivity contribution in [3.05, 3.63) is 155 Å². The van der Waals surface area contributed by atoms with E-state index in [4.69, 9.17) is 33.2 Å². The zero-order valence-electron chi connectivity index (χ0n) is 77.3. The monoisotopic (exact) mass is 1860 g/mol. The minimum Gasteiger partial charge on any atom is -0.469 e. The molecule has 7 atom stereocenters. The highest BCUT2D eigenvalue weighted by molar-refractivity contribution is 5.99. The fourth-order valence-corrected chi connectivity index (χ4v) is 14.7. The highest BCUT2D eigenvalue weighted by Crippen LogP contribution is 2.30. The van der Waals surface area contributed by atoms with Crippen LogP contribution in [-0.4, -0.2) is 263 Å². The second-order valence-corrected chi connectivity index (χ2v) is 34.3. The molecule has 0 spiro atoms. The summed E-state index contributed by atoms with van der Waals surface area (Å²) in [7, 11) is 7.65. The lowest BCUT2D eigenvalue weighted by Crippen LogP contribution is -2.58. The van der Waals surface area contributed by atoms with Gasteiger partial charge in [0.25, 0.3) is 11.8 Å². The number of para-hydroxylation sites is 4. The molecule has 0 saturated heterocycles. The van der Waals surface area contributed by atoms with Crippen LogP contribution in [-0.2, 0) is 133 Å². The Balaban J connectivity index is 0.879. The molecular weight excluding hydrogens is 1740 g/mol. The lowest BCUT2D eigenvalue weighted by Gasteiger charge is -2.27. The predicted molar refractivity (Wildman–Crippen MR) is 484 cm³/mol. The molecule has 7 aromatic rings. The molecule has 9 rings (SSSR count). The minimum absolute atomic E-state index is 0.00485. The maximum Gasteiger partial charge on any atom is 0.408 e. The van der Waals surface area contributed by atoms with Gasteiger partial charge in [-0.1, -0.05) is 54.6 Å². The number of rotatable bonds is 45. The van der Waals surface area contributed by atoms with Crippen LogP contribution in [0.3, 0.4) is 0 Å². The van der Waals surface area contributed by atoms with Gasteiger partial charge in [0, 0.05) is 108 Å². The van der Waals surface area contributed by atoms with E-state index in [0.717, 1.165) is 36.3 Å². The van der Waals surface area contributed by atoms with Gasteiger partial charge in [-0.3, -0.25) is 67.1 Å². The molecule has 0 saturated carbocycles. The number of hydrogen-bond acceptors (Lipinski definition) is 28. The Morgan fingerprint density at radius 3 is 1.24 bits per heavy atom. The van der Waals surface area contributed by atoms with Crippen molar-refractivity contribution in [2.45, 2.75) is 218 Å². The third-order valence-electron chi connectivity index (χ3n) is 21.5. The van der Waals surface area contributed by atoms with Crippen LogP contribution in [0.25, 0.3) is 22.1 Å². The van der Waals surface area contributed by atoms with E-state index in [0.29, 0.717) is 50.8 Å². The van der Waals surface area contributed by atoms with Crippen LogP contribution in [0.5, 0.6) is 0 Å². The Kier molecular flexibility index (Phi) is 37.8. The Labute approximate surface area is 774 Å². The van der Waals surface area contributed by atoms with Gasteiger partial charge in [0.2, 0.25) is 47.3 Å². The maximum atomic E-state index is 15.1. The quantitative estimate of drug-likeness (QED) is 0.0132. The van der Waals surface area contributed by atoms with Crippen molar-refractivity contribution in [3.8, 4) is 0 Å². The number of aromatic nitrogens is 4. The number of H-pyrrole nitrogens is 2. The number of benzene rings is 5. The van der Waals surface area contributed by atoms with Gasteiger partial charge in [0.1, 0.15) is 71.8 Å². The number of anilines is 2. The summed E-state index contributed by atoms with van der Waals surface area (Å²) >= 11 is 0. The number of alkyl carbamates (subject to hydrolysis) is 1. The Morgan fingerprint density at radius 2 is 0.828 bits per heavy atom. The van der Waals surface area contributed by atoms with Crippen molar-refractivity contribution in [2.75, 3.05) is 79.3 Å². The van der Waals surface area contributed by atoms with Crippen molar-refractivity contribution in [2.24, 2.45) is 0 Å². The molecule has 41 heteroatoms. The number of carbonyl (C=O) groups is 17. The third kappa shape index (κ3) is 31.9. The highest BCUT2D eigenvalue weighted by atomic mass is 16.6. The topological polar surface area (TPSA) is 533 Å². The minimum atomic E-state index is -1.90. The van der Waals surface area contributed by atoms with Crippen molar-refractivity contribution in [3.63, 3.8) is 0 Å². The van der Waals surface area contributed by atoms with E-state index >= 15 is 4.79 Å². The van der Waals surface area contributed by atoms with Gasteiger partial charge in [0.15, 0.2) is 0 Å². The average molecular weight is 1860 g/mol. The fourth-order valence-electron chi connectivity index (χ4n) is 14.7. The van der Waals surface area contributed by atoms with E-state index in [2.05, 4.69) is 67.8 Å². The average Bonchev–Trinajstić information content (AvgIpc) is 1.64. The maximum absolute atomic E-state index is 15.1. The molecule has 2 aromatic heterocycles. The molecule has 0 aliphatic carbocycles. The molecule has 720 valence electrons. The molecule has 5 aromatic carbocycles. The Morgan fingerprint density at radius 1 is 0.448 bits per heavy atom. The van der Waals surface area contributed by atoms with Crippen molar-refractivity contribution >= 4 is 134 Å². The number of amides is 11. The molecule has 11 amide bonds. The number of imidazole rings is 2. The van der Waals surface area contributed by atoms with Crippen LogP contribution in [0.2, 0.25) is 0 Å². The van der Waals surface area contributed by atoms with Gasteiger partial charge in [0.05, 0.1) is 76.4 Å². The van der Waals surface area contributed by atoms with E-state index in [1.54, 1.807) is 122 Å². The molecule has 134 heavy (non-hydrogen) atoms. The van der Waals surface area contributed by atoms with Crippen LogP contribution in [0.4, 0.5) is 16.2 Å². The normalized spacial score (nSPS) is 14.7. The summed E-state index contributed by atoms with van der Waals surface area (Å²) in [5.41, 5.74) is 4.31. The second-order valence-electron chi connectivity index (χ2n) is 34.3. The number of methoxy groups -OCH3 is 4. The molecule has 2 aliphatic heterocycles. The van der Waals surface area contributed by atoms with Gasteiger partial charge >= 0.3 is 41.9 Å². The number of hydrogen-bond donors (Lipinski definition) is 11. The van der Waals surface area contributed by atoms with Crippen LogP contribution in [0, 0.1) is 0 Å². The zero-order chi connectivity index (χ0) is 97.5. The number of fused-ring (bicyclic) bond motifs is 4. The van der Waals surface area contributed by atoms with Gasteiger partial charge in [-0.25, -0.2) is 24.4 Å². The number of carbonyl (C=O) groups excluding carboxylic acids is 17. The molecule has 0 fully saturated rings. The zero-order valence-corrected chi connectivity index (χ0v) is 77.3. The first-order valence-corrected chi connectivity index (χ1v) is 43.9. The smallest absolute Gasteiger partial charge is 0.408 e. The summed E-state index contributed by atoms with van der Waals surface area (Å²) in [6.45, 7) is 9.58. The Bertz CT molecular complexity index is 5330. The number of ether oxygens (including phenoxy) is 7. The predicted octanol–water partition coefficient (Wildman–Crippen LogP) is 5.23. The van der Waals surface area contributed by atoms with Crippen LogP contribution in [0.1, 0.15) is 180 Å².